The van der Waals surface area contributed by atoms with Gasteiger partial charge in [0, 0.05) is 25.2 Å². The van der Waals surface area contributed by atoms with E-state index in [1.54, 1.807) is 0 Å². The zero-order chi connectivity index (χ0) is 15.8. The molecule has 116 valence electrons. The van der Waals surface area contributed by atoms with Crippen molar-refractivity contribution >= 4 is 11.6 Å². The summed E-state index contributed by atoms with van der Waals surface area (Å²) in [5.41, 5.74) is 4.64. The largest absolute Gasteiger partial charge is 0.326 e. The van der Waals surface area contributed by atoms with Gasteiger partial charge in [-0.25, -0.2) is 0 Å². The molecule has 0 bridgehead atoms. The lowest BCUT2D eigenvalue weighted by Gasteiger charge is -2.07. The number of anilines is 1. The van der Waals surface area contributed by atoms with Gasteiger partial charge in [-0.15, -0.1) is 0 Å². The third kappa shape index (κ3) is 5.34. The Morgan fingerprint density at radius 1 is 0.955 bits per heavy atom. The quantitative estimate of drug-likeness (QED) is 0.765. The van der Waals surface area contributed by atoms with E-state index in [2.05, 4.69) is 48.7 Å². The summed E-state index contributed by atoms with van der Waals surface area (Å²) >= 11 is 0. The number of amides is 1. The SMILES string of the molecule is CCc1ccc(NC(=O)CCNCc2ccc(C)cc2)cc1. The second kappa shape index (κ2) is 8.35. The molecule has 0 heterocycles. The molecule has 2 N–H and O–H groups in total. The summed E-state index contributed by atoms with van der Waals surface area (Å²) < 4.78 is 0. The van der Waals surface area contributed by atoms with Crippen molar-refractivity contribution in [3.8, 4) is 0 Å². The fraction of sp³-hybridized carbons (Fsp3) is 0.316. The van der Waals surface area contributed by atoms with Crippen LogP contribution in [0.4, 0.5) is 5.69 Å². The number of hydrogen-bond donors (Lipinski definition) is 2. The average Bonchev–Trinajstić information content (AvgIpc) is 2.54. The number of carbonyl (C=O) groups is 1. The molecule has 1 amide bonds. The topological polar surface area (TPSA) is 41.1 Å². The normalized spacial score (nSPS) is 10.5. The highest BCUT2D eigenvalue weighted by atomic mass is 16.1. The lowest BCUT2D eigenvalue weighted by Crippen LogP contribution is -2.21. The zero-order valence-corrected chi connectivity index (χ0v) is 13.4. The van der Waals surface area contributed by atoms with Crippen LogP contribution >= 0.6 is 0 Å². The third-order valence-corrected chi connectivity index (χ3v) is 3.62. The lowest BCUT2D eigenvalue weighted by molar-refractivity contribution is -0.116. The Hall–Kier alpha value is -2.13. The molecular formula is C19H24N2O. The highest BCUT2D eigenvalue weighted by Crippen LogP contribution is 2.10. The van der Waals surface area contributed by atoms with E-state index in [1.807, 2.05) is 24.3 Å². The summed E-state index contributed by atoms with van der Waals surface area (Å²) in [6.45, 7) is 5.66. The Bertz CT molecular complexity index is 588. The minimum absolute atomic E-state index is 0.0423. The summed E-state index contributed by atoms with van der Waals surface area (Å²) in [6.07, 6.45) is 1.48. The van der Waals surface area contributed by atoms with Gasteiger partial charge >= 0.3 is 0 Å². The van der Waals surface area contributed by atoms with Crippen LogP contribution in [0.1, 0.15) is 30.0 Å². The van der Waals surface area contributed by atoms with E-state index in [0.717, 1.165) is 18.7 Å². The van der Waals surface area contributed by atoms with Crippen molar-refractivity contribution in [3.63, 3.8) is 0 Å². The van der Waals surface area contributed by atoms with E-state index in [9.17, 15) is 4.79 Å². The zero-order valence-electron chi connectivity index (χ0n) is 13.4. The average molecular weight is 296 g/mol. The van der Waals surface area contributed by atoms with Gasteiger partial charge in [-0.1, -0.05) is 48.9 Å². The van der Waals surface area contributed by atoms with Gasteiger partial charge < -0.3 is 10.6 Å². The van der Waals surface area contributed by atoms with Crippen LogP contribution < -0.4 is 10.6 Å². The molecule has 0 aliphatic heterocycles. The molecule has 2 aromatic carbocycles. The van der Waals surface area contributed by atoms with Crippen molar-refractivity contribution in [1.82, 2.24) is 5.32 Å². The van der Waals surface area contributed by atoms with Crippen molar-refractivity contribution in [2.24, 2.45) is 0 Å². The Balaban J connectivity index is 1.67. The summed E-state index contributed by atoms with van der Waals surface area (Å²) in [7, 11) is 0. The fourth-order valence-electron chi connectivity index (χ4n) is 2.19. The maximum absolute atomic E-state index is 11.9. The van der Waals surface area contributed by atoms with Crippen molar-refractivity contribution in [2.45, 2.75) is 33.2 Å². The highest BCUT2D eigenvalue weighted by Gasteiger charge is 2.02. The Morgan fingerprint density at radius 3 is 2.23 bits per heavy atom. The van der Waals surface area contributed by atoms with Gasteiger partial charge in [0.2, 0.25) is 5.91 Å². The molecule has 3 nitrogen and oxygen atoms in total. The molecule has 0 radical (unpaired) electrons. The van der Waals surface area contributed by atoms with Gasteiger partial charge in [0.25, 0.3) is 0 Å². The molecule has 0 saturated carbocycles. The Labute approximate surface area is 132 Å². The first-order valence-electron chi connectivity index (χ1n) is 7.82. The van der Waals surface area contributed by atoms with Crippen LogP contribution in [0.15, 0.2) is 48.5 Å². The predicted octanol–water partition coefficient (Wildman–Crippen LogP) is 3.68. The first-order chi connectivity index (χ1) is 10.7. The molecule has 0 spiro atoms. The first kappa shape index (κ1) is 16.2. The Morgan fingerprint density at radius 2 is 1.59 bits per heavy atom. The van der Waals surface area contributed by atoms with Gasteiger partial charge in [-0.3, -0.25) is 4.79 Å². The van der Waals surface area contributed by atoms with Crippen LogP contribution in [-0.4, -0.2) is 12.5 Å². The van der Waals surface area contributed by atoms with Crippen LogP contribution in [0, 0.1) is 6.92 Å². The molecule has 0 unspecified atom stereocenters. The minimum Gasteiger partial charge on any atom is -0.326 e. The standard InChI is InChI=1S/C19H24N2O/c1-3-16-8-10-18(11-9-16)21-19(22)12-13-20-14-17-6-4-15(2)5-7-17/h4-11,20H,3,12-14H2,1-2H3,(H,21,22). The van der Waals surface area contributed by atoms with E-state index in [4.69, 9.17) is 0 Å². The van der Waals surface area contributed by atoms with Crippen LogP contribution in [0.25, 0.3) is 0 Å². The molecule has 2 aromatic rings. The van der Waals surface area contributed by atoms with Crippen LogP contribution in [0.2, 0.25) is 0 Å². The molecule has 0 atom stereocenters. The summed E-state index contributed by atoms with van der Waals surface area (Å²) in [5, 5.41) is 6.22. The van der Waals surface area contributed by atoms with E-state index < -0.39 is 0 Å². The molecule has 0 saturated heterocycles. The maximum atomic E-state index is 11.9. The predicted molar refractivity (Wildman–Crippen MR) is 92.0 cm³/mol. The van der Waals surface area contributed by atoms with Crippen LogP contribution in [-0.2, 0) is 17.8 Å². The van der Waals surface area contributed by atoms with E-state index in [1.165, 1.54) is 16.7 Å². The van der Waals surface area contributed by atoms with Gasteiger partial charge in [-0.05, 0) is 36.6 Å². The first-order valence-corrected chi connectivity index (χ1v) is 7.82. The second-order valence-corrected chi connectivity index (χ2v) is 5.51. The van der Waals surface area contributed by atoms with Crippen molar-refractivity contribution in [2.75, 3.05) is 11.9 Å². The fourth-order valence-corrected chi connectivity index (χ4v) is 2.19. The number of benzene rings is 2. The minimum atomic E-state index is 0.0423. The van der Waals surface area contributed by atoms with Crippen molar-refractivity contribution in [1.29, 1.82) is 0 Å². The molecule has 0 aromatic heterocycles. The van der Waals surface area contributed by atoms with Crippen molar-refractivity contribution < 1.29 is 4.79 Å². The smallest absolute Gasteiger partial charge is 0.225 e. The molecule has 0 aliphatic carbocycles. The molecule has 0 aliphatic rings. The second-order valence-electron chi connectivity index (χ2n) is 5.51. The van der Waals surface area contributed by atoms with Gasteiger partial charge in [-0.2, -0.15) is 0 Å². The third-order valence-electron chi connectivity index (χ3n) is 3.62. The number of nitrogens with one attached hydrogen (secondary N) is 2. The Kier molecular flexibility index (Phi) is 6.16. The van der Waals surface area contributed by atoms with E-state index in [0.29, 0.717) is 13.0 Å². The monoisotopic (exact) mass is 296 g/mol. The number of rotatable bonds is 7. The van der Waals surface area contributed by atoms with Gasteiger partial charge in [0.05, 0.1) is 0 Å². The molecule has 2 rings (SSSR count). The van der Waals surface area contributed by atoms with E-state index >= 15 is 0 Å². The summed E-state index contributed by atoms with van der Waals surface area (Å²) in [6, 6.07) is 16.4. The van der Waals surface area contributed by atoms with Gasteiger partial charge in [0.1, 0.15) is 0 Å². The number of aryl methyl sites for hydroxylation is 2. The van der Waals surface area contributed by atoms with Crippen LogP contribution in [0.5, 0.6) is 0 Å². The van der Waals surface area contributed by atoms with Crippen molar-refractivity contribution in [3.05, 3.63) is 65.2 Å². The van der Waals surface area contributed by atoms with Crippen LogP contribution in [0.3, 0.4) is 0 Å². The number of hydrogen-bond acceptors (Lipinski definition) is 2. The molecule has 0 fully saturated rings. The van der Waals surface area contributed by atoms with Gasteiger partial charge in [0.15, 0.2) is 0 Å². The molecule has 22 heavy (non-hydrogen) atoms. The number of carbonyl (C=O) groups excluding carboxylic acids is 1. The lowest BCUT2D eigenvalue weighted by atomic mass is 10.1. The summed E-state index contributed by atoms with van der Waals surface area (Å²) in [4.78, 5) is 11.9. The summed E-state index contributed by atoms with van der Waals surface area (Å²) in [5.74, 6) is 0.0423. The molecule has 3 heteroatoms. The maximum Gasteiger partial charge on any atom is 0.225 e. The molecular weight excluding hydrogens is 272 g/mol. The highest BCUT2D eigenvalue weighted by molar-refractivity contribution is 5.90. The van der Waals surface area contributed by atoms with E-state index in [-0.39, 0.29) is 5.91 Å².